The number of benzene rings is 4. The third-order valence-electron chi connectivity index (χ3n) is 14.8. The number of ether oxygens (including phenoxy) is 3. The van der Waals surface area contributed by atoms with Crippen molar-refractivity contribution in [3.05, 3.63) is 136 Å². The van der Waals surface area contributed by atoms with Crippen molar-refractivity contribution < 1.29 is 56.9 Å². The fraction of sp³-hybridized carbons (Fsp3) is 0.382. The fourth-order valence-electron chi connectivity index (χ4n) is 10.1. The number of thiazole rings is 2. The highest BCUT2D eigenvalue weighted by Gasteiger charge is 2.42. The molecule has 4 aliphatic carbocycles. The zero-order valence-corrected chi connectivity index (χ0v) is 45.7. The Morgan fingerprint density at radius 2 is 1.01 bits per heavy atom. The molecule has 402 valence electrons. The second-order valence-electron chi connectivity index (χ2n) is 20.0. The Hall–Kier alpha value is -5.12. The molecule has 0 saturated heterocycles. The quantitative estimate of drug-likeness (QED) is 0.0868. The molecule has 4 aromatic carbocycles. The average molecular weight is 1170 g/mol. The van der Waals surface area contributed by atoms with E-state index in [0.717, 1.165) is 71.0 Å². The van der Waals surface area contributed by atoms with Crippen molar-refractivity contribution in [1.29, 1.82) is 0 Å². The van der Waals surface area contributed by atoms with Gasteiger partial charge < -0.3 is 38.6 Å². The fourth-order valence-corrected chi connectivity index (χ4v) is 13.6. The summed E-state index contributed by atoms with van der Waals surface area (Å²) in [6.07, 6.45) is 7.84. The van der Waals surface area contributed by atoms with Crippen LogP contribution in [0.1, 0.15) is 142 Å². The molecule has 0 unspecified atom stereocenters. The molecule has 0 atom stereocenters. The first-order valence-electron chi connectivity index (χ1n) is 25.1. The van der Waals surface area contributed by atoms with E-state index >= 15 is 0 Å². The van der Waals surface area contributed by atoms with Crippen molar-refractivity contribution in [1.82, 2.24) is 20.3 Å². The first kappa shape index (κ1) is 53.9. The Bertz CT molecular complexity index is 3520. The number of rotatable bonds is 14. The minimum atomic E-state index is -1.34. The van der Waals surface area contributed by atoms with Crippen LogP contribution in [0.2, 0.25) is 20.1 Å². The Labute approximate surface area is 467 Å². The van der Waals surface area contributed by atoms with Crippen molar-refractivity contribution in [2.45, 2.75) is 126 Å². The average Bonchev–Trinajstić information content (AvgIpc) is 4.31. The van der Waals surface area contributed by atoms with E-state index in [9.17, 15) is 33.7 Å². The van der Waals surface area contributed by atoms with Gasteiger partial charge in [0.25, 0.3) is 0 Å². The number of carboxylic acids is 1. The number of carboxylic acid groups (broad SMARTS) is 1. The van der Waals surface area contributed by atoms with E-state index < -0.39 is 40.3 Å². The number of esters is 1. The van der Waals surface area contributed by atoms with E-state index in [2.05, 4.69) is 25.0 Å². The van der Waals surface area contributed by atoms with Gasteiger partial charge in [-0.3, -0.25) is 0 Å². The molecular weight excluding hydrogens is 1120 g/mol. The van der Waals surface area contributed by atoms with Crippen molar-refractivity contribution in [2.24, 2.45) is 0 Å². The second kappa shape index (κ2) is 21.8. The van der Waals surface area contributed by atoms with Crippen LogP contribution in [0.25, 0.3) is 42.9 Å². The Morgan fingerprint density at radius 3 is 1.39 bits per heavy atom. The van der Waals surface area contributed by atoms with Gasteiger partial charge in [-0.1, -0.05) is 68.8 Å². The Morgan fingerprint density at radius 1 is 0.623 bits per heavy atom. The lowest BCUT2D eigenvalue weighted by atomic mass is 9.83. The highest BCUT2D eigenvalue weighted by molar-refractivity contribution is 7.19. The molecule has 22 heteroatoms. The molecule has 4 fully saturated rings. The number of carbonyl (C=O) groups is 2. The van der Waals surface area contributed by atoms with Gasteiger partial charge >= 0.3 is 11.9 Å². The third kappa shape index (κ3) is 10.7. The second-order valence-corrected chi connectivity index (χ2v) is 23.6. The maximum Gasteiger partial charge on any atom is 0.340 e. The molecule has 4 aromatic heterocycles. The van der Waals surface area contributed by atoms with Crippen LogP contribution in [0, 0.1) is 11.6 Å². The topological polar surface area (TPSA) is 200 Å². The summed E-state index contributed by atoms with van der Waals surface area (Å²) in [5.74, 6) is -1.34. The zero-order chi connectivity index (χ0) is 53.9. The predicted molar refractivity (Wildman–Crippen MR) is 287 cm³/mol. The minimum Gasteiger partial charge on any atom is -0.478 e. The molecule has 12 rings (SSSR count). The molecule has 14 nitrogen and oxygen atoms in total. The van der Waals surface area contributed by atoms with Crippen LogP contribution in [0.5, 0.6) is 0 Å². The normalized spacial score (nSPS) is 21.6. The molecule has 4 saturated carbocycles. The standard InChI is InChI=1S/C28H25Cl2FN2O5S.C27H23Cl2FN2O5S/c1-36-26(34)16-7-8-20-25(22(16)31)39-27(32-20)28(35)11-9-15(10-12-28)37-13-17-23(33-38-24(17)14-5-6-14)21-18(29)3-2-4-19(21)30;28-17-2-1-3-18(29)20(17)22-16(23(37-32-22)13-4-5-13)12-36-14-8-10-27(35,11-9-14)26-31-19-7-6-15(25(33)34)21(30)24(19)38-26/h2-4,7-8,14-15,35H,5-6,9-13H2,1H3;1-3,6-7,13-14,35H,4-5,8-12H2,(H,33,34). The monoisotopic (exact) mass is 1170 g/mol. The van der Waals surface area contributed by atoms with E-state index in [1.165, 1.54) is 25.3 Å². The smallest absolute Gasteiger partial charge is 0.340 e. The van der Waals surface area contributed by atoms with Gasteiger partial charge in [0.1, 0.15) is 44.1 Å². The van der Waals surface area contributed by atoms with Crippen molar-refractivity contribution >= 4 is 101 Å². The molecule has 0 aliphatic heterocycles. The Balaban J connectivity index is 0.000000164. The highest BCUT2D eigenvalue weighted by Crippen LogP contribution is 2.50. The van der Waals surface area contributed by atoms with Crippen LogP contribution in [-0.4, -0.2) is 66.9 Å². The first-order valence-corrected chi connectivity index (χ1v) is 28.2. The predicted octanol–water partition coefficient (Wildman–Crippen LogP) is 14.7. The van der Waals surface area contributed by atoms with E-state index in [1.807, 2.05) is 0 Å². The van der Waals surface area contributed by atoms with E-state index in [-0.39, 0.29) is 40.4 Å². The lowest BCUT2D eigenvalue weighted by Gasteiger charge is -2.34. The van der Waals surface area contributed by atoms with Crippen LogP contribution in [0.4, 0.5) is 8.78 Å². The number of hydrogen-bond donors (Lipinski definition) is 3. The van der Waals surface area contributed by atoms with Crippen LogP contribution >= 0.6 is 69.1 Å². The molecule has 77 heavy (non-hydrogen) atoms. The van der Waals surface area contributed by atoms with Gasteiger partial charge in [0, 0.05) is 34.1 Å². The summed E-state index contributed by atoms with van der Waals surface area (Å²) >= 11 is 27.9. The number of aromatic nitrogens is 4. The van der Waals surface area contributed by atoms with Gasteiger partial charge in [-0.05, 0) is 126 Å². The van der Waals surface area contributed by atoms with Crippen LogP contribution in [0.3, 0.4) is 0 Å². The number of aromatic carboxylic acids is 1. The summed E-state index contributed by atoms with van der Waals surface area (Å²) in [4.78, 5) is 32.1. The molecule has 4 aliphatic rings. The summed E-state index contributed by atoms with van der Waals surface area (Å²) in [5.41, 5.74) is 1.89. The van der Waals surface area contributed by atoms with E-state index in [0.29, 0.717) is 127 Å². The summed E-state index contributed by atoms with van der Waals surface area (Å²) in [5, 5.41) is 43.4. The molecule has 0 bridgehead atoms. The molecule has 4 heterocycles. The van der Waals surface area contributed by atoms with Gasteiger partial charge in [0.15, 0.2) is 11.6 Å². The van der Waals surface area contributed by atoms with Crippen LogP contribution in [-0.2, 0) is 38.6 Å². The maximum absolute atomic E-state index is 14.9. The number of methoxy groups -OCH3 is 1. The van der Waals surface area contributed by atoms with Gasteiger partial charge in [-0.15, -0.1) is 22.7 Å². The number of halogens is 6. The van der Waals surface area contributed by atoms with Gasteiger partial charge in [0.2, 0.25) is 0 Å². The van der Waals surface area contributed by atoms with Gasteiger partial charge in [0.05, 0.1) is 84.2 Å². The zero-order valence-electron chi connectivity index (χ0n) is 41.1. The molecule has 0 radical (unpaired) electrons. The number of fused-ring (bicyclic) bond motifs is 2. The third-order valence-corrected chi connectivity index (χ3v) is 18.6. The van der Waals surface area contributed by atoms with Gasteiger partial charge in [-0.25, -0.2) is 28.3 Å². The molecule has 8 aromatic rings. The largest absolute Gasteiger partial charge is 0.478 e. The molecule has 0 spiro atoms. The van der Waals surface area contributed by atoms with E-state index in [4.69, 9.17) is 64.9 Å². The summed E-state index contributed by atoms with van der Waals surface area (Å²) in [6, 6.07) is 16.2. The van der Waals surface area contributed by atoms with Crippen LogP contribution in [0.15, 0.2) is 69.7 Å². The highest BCUT2D eigenvalue weighted by atomic mass is 35.5. The molecular formula is C55H48Cl4F2N4O10S2. The summed E-state index contributed by atoms with van der Waals surface area (Å²) < 4.78 is 58.7. The lowest BCUT2D eigenvalue weighted by Crippen LogP contribution is -2.34. The molecule has 3 N–H and O–H groups in total. The van der Waals surface area contributed by atoms with Crippen molar-refractivity contribution in [3.63, 3.8) is 0 Å². The van der Waals surface area contributed by atoms with Crippen molar-refractivity contribution in [3.8, 4) is 22.5 Å². The SMILES string of the molecule is COC(=O)c1ccc2nc(C3(O)CCC(OCc4c(-c5c(Cl)cccc5Cl)noc4C4CC4)CC3)sc2c1F.O=C(O)c1ccc2nc(C3(O)CCC(OCc4c(-c5c(Cl)cccc5Cl)noc4C4CC4)CC3)sc2c1F. The number of aliphatic hydroxyl groups is 2. The summed E-state index contributed by atoms with van der Waals surface area (Å²) in [7, 11) is 1.20. The molecule has 0 amide bonds. The van der Waals surface area contributed by atoms with E-state index in [1.54, 1.807) is 42.5 Å². The number of carbonyl (C=O) groups excluding carboxylic acids is 1. The van der Waals surface area contributed by atoms with Gasteiger partial charge in [-0.2, -0.15) is 0 Å². The number of hydrogen-bond acceptors (Lipinski definition) is 15. The summed E-state index contributed by atoms with van der Waals surface area (Å²) in [6.45, 7) is 0.567. The maximum atomic E-state index is 14.9. The van der Waals surface area contributed by atoms with Crippen LogP contribution < -0.4 is 0 Å². The minimum absolute atomic E-state index is 0.0983. The first-order chi connectivity index (χ1) is 37.0. The lowest BCUT2D eigenvalue weighted by molar-refractivity contribution is -0.0641. The van der Waals surface area contributed by atoms with Crippen molar-refractivity contribution in [2.75, 3.05) is 7.11 Å². The number of nitrogens with zero attached hydrogens (tertiary/aromatic N) is 4. The Kier molecular flexibility index (Phi) is 15.3.